The molecule has 0 saturated carbocycles. The molecule has 124 valence electrons. The lowest BCUT2D eigenvalue weighted by atomic mass is 10.1. The van der Waals surface area contributed by atoms with Crippen LogP contribution in [0.2, 0.25) is 0 Å². The number of aromatic amines is 1. The number of aromatic nitrogens is 1. The molecule has 6 heteroatoms. The molecule has 1 aromatic heterocycles. The number of ether oxygens (including phenoxy) is 1. The number of fused-ring (bicyclic) bond motifs is 1. The first-order chi connectivity index (χ1) is 11.5. The van der Waals surface area contributed by atoms with Crippen LogP contribution in [0.4, 0.5) is 5.69 Å². The zero-order valence-electron chi connectivity index (χ0n) is 13.5. The molecule has 6 nitrogen and oxygen atoms in total. The Morgan fingerprint density at radius 2 is 2.04 bits per heavy atom. The lowest BCUT2D eigenvalue weighted by Gasteiger charge is -2.10. The van der Waals surface area contributed by atoms with E-state index < -0.39 is 5.76 Å². The first-order valence-electron chi connectivity index (χ1n) is 7.64. The van der Waals surface area contributed by atoms with Crippen molar-refractivity contribution >= 4 is 22.7 Å². The summed E-state index contributed by atoms with van der Waals surface area (Å²) in [6.07, 6.45) is 0.229. The van der Waals surface area contributed by atoms with Crippen molar-refractivity contribution in [2.75, 3.05) is 11.9 Å². The first-order valence-corrected chi connectivity index (χ1v) is 7.64. The fourth-order valence-electron chi connectivity index (χ4n) is 2.37. The monoisotopic (exact) mass is 326 g/mol. The van der Waals surface area contributed by atoms with Gasteiger partial charge >= 0.3 is 5.76 Å². The second-order valence-corrected chi connectivity index (χ2v) is 5.64. The van der Waals surface area contributed by atoms with Gasteiger partial charge in [-0.25, -0.2) is 4.79 Å². The molecule has 0 unspecified atom stereocenters. The van der Waals surface area contributed by atoms with Crippen LogP contribution in [-0.2, 0) is 4.79 Å². The summed E-state index contributed by atoms with van der Waals surface area (Å²) in [6.45, 7) is 4.26. The summed E-state index contributed by atoms with van der Waals surface area (Å²) in [4.78, 5) is 25.7. The summed E-state index contributed by atoms with van der Waals surface area (Å²) in [6, 6.07) is 10.9. The molecule has 24 heavy (non-hydrogen) atoms. The minimum atomic E-state index is -0.518. The number of hydrogen-bond acceptors (Lipinski definition) is 4. The van der Waals surface area contributed by atoms with E-state index in [1.165, 1.54) is 0 Å². The van der Waals surface area contributed by atoms with Crippen LogP contribution in [0.1, 0.15) is 17.5 Å². The Labute approximate surface area is 138 Å². The molecule has 2 N–H and O–H groups in total. The van der Waals surface area contributed by atoms with Crippen molar-refractivity contribution in [1.29, 1.82) is 0 Å². The van der Waals surface area contributed by atoms with Crippen molar-refractivity contribution in [2.24, 2.45) is 0 Å². The maximum absolute atomic E-state index is 12.0. The second-order valence-electron chi connectivity index (χ2n) is 5.64. The maximum atomic E-state index is 12.0. The molecule has 3 rings (SSSR count). The number of hydrogen-bond donors (Lipinski definition) is 2. The van der Waals surface area contributed by atoms with Crippen molar-refractivity contribution in [3.8, 4) is 5.75 Å². The Hall–Kier alpha value is -3.02. The molecule has 0 atom stereocenters. The van der Waals surface area contributed by atoms with E-state index in [0.717, 1.165) is 16.9 Å². The molecule has 0 aliphatic heterocycles. The number of carbonyl (C=O) groups is 1. The number of rotatable bonds is 5. The number of H-pyrrole nitrogens is 1. The Balaban J connectivity index is 1.56. The van der Waals surface area contributed by atoms with Crippen LogP contribution in [0.15, 0.2) is 45.6 Å². The molecule has 0 spiro atoms. The van der Waals surface area contributed by atoms with E-state index in [9.17, 15) is 9.59 Å². The van der Waals surface area contributed by atoms with Gasteiger partial charge in [-0.05, 0) is 49.2 Å². The van der Waals surface area contributed by atoms with Gasteiger partial charge in [0.05, 0.1) is 18.5 Å². The predicted octanol–water partition coefficient (Wildman–Crippen LogP) is 3.15. The highest BCUT2D eigenvalue weighted by Gasteiger charge is 2.07. The van der Waals surface area contributed by atoms with E-state index in [-0.39, 0.29) is 12.3 Å². The quantitative estimate of drug-likeness (QED) is 0.754. The van der Waals surface area contributed by atoms with Crippen LogP contribution in [0.5, 0.6) is 5.75 Å². The second kappa shape index (κ2) is 6.62. The van der Waals surface area contributed by atoms with Crippen molar-refractivity contribution in [2.45, 2.75) is 20.3 Å². The topological polar surface area (TPSA) is 84.3 Å². The van der Waals surface area contributed by atoms with Gasteiger partial charge in [-0.15, -0.1) is 0 Å². The van der Waals surface area contributed by atoms with Gasteiger partial charge in [0.1, 0.15) is 5.75 Å². The van der Waals surface area contributed by atoms with Crippen LogP contribution >= 0.6 is 0 Å². The zero-order chi connectivity index (χ0) is 17.1. The third kappa shape index (κ3) is 3.65. The lowest BCUT2D eigenvalue weighted by Crippen LogP contribution is -2.15. The van der Waals surface area contributed by atoms with Crippen LogP contribution in [0.25, 0.3) is 11.1 Å². The number of aryl methyl sites for hydroxylation is 2. The number of oxazole rings is 1. The summed E-state index contributed by atoms with van der Waals surface area (Å²) in [5, 5.41) is 2.77. The smallest absolute Gasteiger partial charge is 0.417 e. The van der Waals surface area contributed by atoms with Gasteiger partial charge in [0.2, 0.25) is 5.91 Å². The van der Waals surface area contributed by atoms with Gasteiger partial charge in [0, 0.05) is 5.69 Å². The molecule has 1 heterocycles. The van der Waals surface area contributed by atoms with Crippen LogP contribution < -0.4 is 15.8 Å². The van der Waals surface area contributed by atoms with E-state index in [2.05, 4.69) is 10.3 Å². The average Bonchev–Trinajstić information content (AvgIpc) is 2.90. The SMILES string of the molecule is Cc1ccc(C)c(OCCC(=O)Nc2ccc3oc(=O)[nH]c3c2)c1. The largest absolute Gasteiger partial charge is 0.493 e. The Kier molecular flexibility index (Phi) is 4.37. The molecular formula is C18H18N2O4. The first kappa shape index (κ1) is 15.9. The van der Waals surface area contributed by atoms with Crippen molar-refractivity contribution in [1.82, 2.24) is 4.98 Å². The molecule has 0 aliphatic rings. The highest BCUT2D eigenvalue weighted by Crippen LogP contribution is 2.19. The molecule has 3 aromatic rings. The normalized spacial score (nSPS) is 10.8. The van der Waals surface area contributed by atoms with E-state index in [0.29, 0.717) is 23.4 Å². The molecule has 1 amide bonds. The third-order valence-corrected chi connectivity index (χ3v) is 3.63. The van der Waals surface area contributed by atoms with E-state index >= 15 is 0 Å². The zero-order valence-corrected chi connectivity index (χ0v) is 13.5. The highest BCUT2D eigenvalue weighted by molar-refractivity contribution is 5.92. The molecule has 0 fully saturated rings. The number of anilines is 1. The van der Waals surface area contributed by atoms with Crippen LogP contribution in [-0.4, -0.2) is 17.5 Å². The fourth-order valence-corrected chi connectivity index (χ4v) is 2.37. The molecule has 0 bridgehead atoms. The average molecular weight is 326 g/mol. The number of nitrogens with one attached hydrogen (secondary N) is 2. The molecule has 0 saturated heterocycles. The molecule has 2 aromatic carbocycles. The van der Waals surface area contributed by atoms with Crippen molar-refractivity contribution < 1.29 is 13.9 Å². The standard InChI is InChI=1S/C18H18N2O4/c1-11-3-4-12(2)16(9-11)23-8-7-17(21)19-13-5-6-15-14(10-13)20-18(22)24-15/h3-6,9-10H,7-8H2,1-2H3,(H,19,21)(H,20,22). The minimum Gasteiger partial charge on any atom is -0.493 e. The van der Waals surface area contributed by atoms with Gasteiger partial charge in [0.25, 0.3) is 0 Å². The number of amides is 1. The summed E-state index contributed by atoms with van der Waals surface area (Å²) in [5.74, 6) is 0.112. The van der Waals surface area contributed by atoms with E-state index in [1.54, 1.807) is 18.2 Å². The van der Waals surface area contributed by atoms with Gasteiger partial charge in [-0.3, -0.25) is 9.78 Å². The van der Waals surface area contributed by atoms with Gasteiger partial charge in [0.15, 0.2) is 5.58 Å². The number of benzene rings is 2. The third-order valence-electron chi connectivity index (χ3n) is 3.63. The van der Waals surface area contributed by atoms with Gasteiger partial charge < -0.3 is 14.5 Å². The fraction of sp³-hybridized carbons (Fsp3) is 0.222. The van der Waals surface area contributed by atoms with E-state index in [1.807, 2.05) is 32.0 Å². The van der Waals surface area contributed by atoms with Crippen molar-refractivity contribution in [3.63, 3.8) is 0 Å². The molecule has 0 aliphatic carbocycles. The summed E-state index contributed by atoms with van der Waals surface area (Å²) >= 11 is 0. The van der Waals surface area contributed by atoms with E-state index in [4.69, 9.17) is 9.15 Å². The Morgan fingerprint density at radius 1 is 1.21 bits per heavy atom. The highest BCUT2D eigenvalue weighted by atomic mass is 16.5. The summed E-state index contributed by atoms with van der Waals surface area (Å²) in [5.41, 5.74) is 3.75. The number of carbonyl (C=O) groups excluding carboxylic acids is 1. The lowest BCUT2D eigenvalue weighted by molar-refractivity contribution is -0.116. The Morgan fingerprint density at radius 3 is 2.88 bits per heavy atom. The predicted molar refractivity (Wildman–Crippen MR) is 91.5 cm³/mol. The van der Waals surface area contributed by atoms with Crippen molar-refractivity contribution in [3.05, 3.63) is 58.1 Å². The van der Waals surface area contributed by atoms with Crippen LogP contribution in [0, 0.1) is 13.8 Å². The van der Waals surface area contributed by atoms with Crippen LogP contribution in [0.3, 0.4) is 0 Å². The maximum Gasteiger partial charge on any atom is 0.417 e. The summed E-state index contributed by atoms with van der Waals surface area (Å²) in [7, 11) is 0. The molecule has 0 radical (unpaired) electrons. The Bertz CT molecular complexity index is 940. The summed E-state index contributed by atoms with van der Waals surface area (Å²) < 4.78 is 10.6. The van der Waals surface area contributed by atoms with Gasteiger partial charge in [-0.2, -0.15) is 0 Å². The minimum absolute atomic E-state index is 0.162. The van der Waals surface area contributed by atoms with Gasteiger partial charge in [-0.1, -0.05) is 12.1 Å². The molecular weight excluding hydrogens is 308 g/mol.